The molecule has 2 fully saturated rings. The molecule has 110 valence electrons. The van der Waals surface area contributed by atoms with Crippen LogP contribution >= 0.6 is 0 Å². The molecule has 1 atom stereocenters. The summed E-state index contributed by atoms with van der Waals surface area (Å²) in [4.78, 5) is 2.28. The molecule has 2 aliphatic rings. The molecule has 1 aliphatic heterocycles. The number of hydrogen-bond donors (Lipinski definition) is 1. The zero-order valence-electron chi connectivity index (χ0n) is 12.4. The first kappa shape index (κ1) is 13.8. The van der Waals surface area contributed by atoms with Crippen LogP contribution in [0, 0.1) is 0 Å². The number of piperidine rings is 1. The van der Waals surface area contributed by atoms with E-state index in [-0.39, 0.29) is 5.60 Å². The summed E-state index contributed by atoms with van der Waals surface area (Å²) in [5.74, 6) is 0.961. The Balaban J connectivity index is 1.61. The highest BCUT2D eigenvalue weighted by Crippen LogP contribution is 2.26. The Kier molecular flexibility index (Phi) is 3.89. The van der Waals surface area contributed by atoms with Gasteiger partial charge in [0.1, 0.15) is 0 Å². The molecular formula is C15H24N4O. The Labute approximate surface area is 120 Å². The number of nitrogens with zero attached hydrogens (tertiary/aromatic N) is 3. The average Bonchev–Trinajstić information content (AvgIpc) is 3.30. The van der Waals surface area contributed by atoms with Gasteiger partial charge in [-0.05, 0) is 44.7 Å². The maximum Gasteiger partial charge on any atom is 0.151 e. The second-order valence-corrected chi connectivity index (χ2v) is 6.22. The highest BCUT2D eigenvalue weighted by Gasteiger charge is 2.31. The van der Waals surface area contributed by atoms with Gasteiger partial charge in [0.05, 0.1) is 11.3 Å². The summed E-state index contributed by atoms with van der Waals surface area (Å²) < 4.78 is 5.63. The van der Waals surface area contributed by atoms with Crippen molar-refractivity contribution >= 4 is 5.82 Å². The van der Waals surface area contributed by atoms with Gasteiger partial charge >= 0.3 is 0 Å². The summed E-state index contributed by atoms with van der Waals surface area (Å²) in [6, 6.07) is 4.87. The van der Waals surface area contributed by atoms with Crippen molar-refractivity contribution in [3.63, 3.8) is 0 Å². The van der Waals surface area contributed by atoms with Gasteiger partial charge in [-0.3, -0.25) is 0 Å². The Hall–Kier alpha value is -1.20. The number of hydrogen-bond acceptors (Lipinski definition) is 5. The van der Waals surface area contributed by atoms with E-state index in [1.165, 1.54) is 12.8 Å². The molecule has 1 aromatic rings. The lowest BCUT2D eigenvalue weighted by Gasteiger charge is -2.39. The molecule has 1 N–H and O–H groups in total. The predicted octanol–water partition coefficient (Wildman–Crippen LogP) is 1.73. The van der Waals surface area contributed by atoms with Crippen molar-refractivity contribution in [2.75, 3.05) is 25.1 Å². The number of anilines is 1. The molecule has 0 radical (unpaired) electrons. The van der Waals surface area contributed by atoms with Crippen LogP contribution in [0.5, 0.6) is 0 Å². The Morgan fingerprint density at radius 3 is 2.90 bits per heavy atom. The third-order valence-corrected chi connectivity index (χ3v) is 4.33. The number of methoxy groups -OCH3 is 1. The normalized spacial score (nSPS) is 26.8. The fourth-order valence-corrected chi connectivity index (χ4v) is 2.72. The van der Waals surface area contributed by atoms with Crippen LogP contribution in [0.1, 0.15) is 38.3 Å². The summed E-state index contributed by atoms with van der Waals surface area (Å²) in [6.45, 7) is 4.92. The summed E-state index contributed by atoms with van der Waals surface area (Å²) in [7, 11) is 1.79. The van der Waals surface area contributed by atoms with Crippen LogP contribution < -0.4 is 10.2 Å². The minimum Gasteiger partial charge on any atom is -0.377 e. The van der Waals surface area contributed by atoms with Gasteiger partial charge in [0, 0.05) is 32.8 Å². The quantitative estimate of drug-likeness (QED) is 0.887. The molecule has 1 saturated carbocycles. The van der Waals surface area contributed by atoms with E-state index in [0.29, 0.717) is 6.04 Å². The van der Waals surface area contributed by atoms with Crippen molar-refractivity contribution in [3.8, 4) is 0 Å². The summed E-state index contributed by atoms with van der Waals surface area (Å²) >= 11 is 0. The van der Waals surface area contributed by atoms with Gasteiger partial charge in [0.25, 0.3) is 0 Å². The monoisotopic (exact) mass is 276 g/mol. The van der Waals surface area contributed by atoms with Crippen LogP contribution in [-0.2, 0) is 11.3 Å². The van der Waals surface area contributed by atoms with Crippen molar-refractivity contribution < 1.29 is 4.74 Å². The lowest BCUT2D eigenvalue weighted by atomic mass is 9.95. The minimum atomic E-state index is -0.0634. The third-order valence-electron chi connectivity index (χ3n) is 4.33. The molecule has 0 aromatic carbocycles. The van der Waals surface area contributed by atoms with Crippen LogP contribution in [0.3, 0.4) is 0 Å². The zero-order valence-corrected chi connectivity index (χ0v) is 12.4. The van der Waals surface area contributed by atoms with Gasteiger partial charge in [0.15, 0.2) is 5.82 Å². The molecule has 3 rings (SSSR count). The molecule has 5 nitrogen and oxygen atoms in total. The number of aromatic nitrogens is 2. The number of ether oxygens (including phenoxy) is 1. The maximum absolute atomic E-state index is 5.63. The fraction of sp³-hybridized carbons (Fsp3) is 0.733. The van der Waals surface area contributed by atoms with Crippen LogP contribution in [0.2, 0.25) is 0 Å². The predicted molar refractivity (Wildman–Crippen MR) is 78.8 cm³/mol. The average molecular weight is 276 g/mol. The second-order valence-electron chi connectivity index (χ2n) is 6.22. The Morgan fingerprint density at radius 2 is 2.25 bits per heavy atom. The molecule has 1 unspecified atom stereocenters. The van der Waals surface area contributed by atoms with Crippen molar-refractivity contribution in [1.29, 1.82) is 0 Å². The van der Waals surface area contributed by atoms with E-state index in [1.807, 2.05) is 0 Å². The zero-order chi connectivity index (χ0) is 14.0. The molecule has 20 heavy (non-hydrogen) atoms. The van der Waals surface area contributed by atoms with Crippen LogP contribution in [0.4, 0.5) is 5.82 Å². The molecule has 0 bridgehead atoms. The molecule has 1 aliphatic carbocycles. The van der Waals surface area contributed by atoms with E-state index >= 15 is 0 Å². The van der Waals surface area contributed by atoms with Crippen molar-refractivity contribution in [2.45, 2.75) is 50.8 Å². The van der Waals surface area contributed by atoms with E-state index < -0.39 is 0 Å². The fourth-order valence-electron chi connectivity index (χ4n) is 2.72. The summed E-state index contributed by atoms with van der Waals surface area (Å²) in [5.41, 5.74) is 0.957. The van der Waals surface area contributed by atoms with Crippen molar-refractivity contribution in [2.24, 2.45) is 0 Å². The first-order chi connectivity index (χ1) is 9.68. The largest absolute Gasteiger partial charge is 0.377 e. The molecule has 1 saturated heterocycles. The van der Waals surface area contributed by atoms with Gasteiger partial charge in [0.2, 0.25) is 0 Å². The molecule has 5 heteroatoms. The van der Waals surface area contributed by atoms with E-state index in [9.17, 15) is 0 Å². The van der Waals surface area contributed by atoms with Gasteiger partial charge in [-0.25, -0.2) is 0 Å². The highest BCUT2D eigenvalue weighted by atomic mass is 16.5. The van der Waals surface area contributed by atoms with Gasteiger partial charge in [-0.2, -0.15) is 5.10 Å². The molecule has 1 aromatic heterocycles. The second kappa shape index (κ2) is 5.66. The summed E-state index contributed by atoms with van der Waals surface area (Å²) in [6.07, 6.45) is 4.84. The van der Waals surface area contributed by atoms with Crippen LogP contribution in [-0.4, -0.2) is 42.0 Å². The third kappa shape index (κ3) is 3.27. The van der Waals surface area contributed by atoms with Crippen molar-refractivity contribution in [1.82, 2.24) is 15.5 Å². The molecule has 0 amide bonds. The van der Waals surface area contributed by atoms with E-state index in [0.717, 1.165) is 44.0 Å². The van der Waals surface area contributed by atoms with Gasteiger partial charge in [-0.15, -0.1) is 5.10 Å². The topological polar surface area (TPSA) is 50.3 Å². The van der Waals surface area contributed by atoms with Gasteiger partial charge in [-0.1, -0.05) is 0 Å². The van der Waals surface area contributed by atoms with E-state index in [4.69, 9.17) is 4.74 Å². The highest BCUT2D eigenvalue weighted by molar-refractivity contribution is 5.38. The molecule has 2 heterocycles. The lowest BCUT2D eigenvalue weighted by molar-refractivity contribution is -0.00484. The standard InChI is InChI=1S/C15H24N4O/c1-15(20-2)8-3-9-19(11-15)14-7-6-13(17-18-14)10-16-12-4-5-12/h6-7,12,16H,3-5,8-11H2,1-2H3. The molecule has 0 spiro atoms. The minimum absolute atomic E-state index is 0.0634. The SMILES string of the molecule is COC1(C)CCCN(c2ccc(CNC3CC3)nn2)C1. The van der Waals surface area contributed by atoms with Crippen LogP contribution in [0.25, 0.3) is 0 Å². The number of rotatable bonds is 5. The molecular weight excluding hydrogens is 252 g/mol. The number of nitrogens with one attached hydrogen (secondary N) is 1. The van der Waals surface area contributed by atoms with Crippen molar-refractivity contribution in [3.05, 3.63) is 17.8 Å². The van der Waals surface area contributed by atoms with E-state index in [1.54, 1.807) is 7.11 Å². The lowest BCUT2D eigenvalue weighted by Crippen LogP contribution is -2.47. The summed E-state index contributed by atoms with van der Waals surface area (Å²) in [5, 5.41) is 12.2. The van der Waals surface area contributed by atoms with Gasteiger partial charge < -0.3 is 15.0 Å². The van der Waals surface area contributed by atoms with Crippen LogP contribution in [0.15, 0.2) is 12.1 Å². The first-order valence-corrected chi connectivity index (χ1v) is 7.55. The maximum atomic E-state index is 5.63. The van der Waals surface area contributed by atoms with E-state index in [2.05, 4.69) is 39.5 Å². The first-order valence-electron chi connectivity index (χ1n) is 7.55. The smallest absolute Gasteiger partial charge is 0.151 e. The Bertz CT molecular complexity index is 446. The Morgan fingerprint density at radius 1 is 1.40 bits per heavy atom.